The van der Waals surface area contributed by atoms with E-state index in [9.17, 15) is 0 Å². The molecule has 5 heteroatoms. The van der Waals surface area contributed by atoms with Gasteiger partial charge in [-0.15, -0.1) is 0 Å². The molecule has 0 aliphatic carbocycles. The lowest BCUT2D eigenvalue weighted by atomic mass is 10.1. The van der Waals surface area contributed by atoms with E-state index in [1.807, 2.05) is 48.5 Å². The van der Waals surface area contributed by atoms with Gasteiger partial charge in [0.1, 0.15) is 23.0 Å². The van der Waals surface area contributed by atoms with Crippen LogP contribution in [-0.4, -0.2) is 20.4 Å². The van der Waals surface area contributed by atoms with Gasteiger partial charge in [-0.3, -0.25) is 0 Å². The van der Waals surface area contributed by atoms with Crippen LogP contribution in [0.15, 0.2) is 107 Å². The van der Waals surface area contributed by atoms with Crippen molar-refractivity contribution < 1.29 is 20.4 Å². The number of benzene rings is 4. The second kappa shape index (κ2) is 9.57. The minimum atomic E-state index is 0.257. The predicted octanol–water partition coefficient (Wildman–Crippen LogP) is 6.01. The topological polar surface area (TPSA) is 80.9 Å². The summed E-state index contributed by atoms with van der Waals surface area (Å²) in [5.74, 6) is 1.05. The van der Waals surface area contributed by atoms with Crippen LogP contribution in [-0.2, 0) is 0 Å². The van der Waals surface area contributed by atoms with Crippen LogP contribution in [0.1, 0.15) is 0 Å². The third kappa shape index (κ3) is 6.23. The van der Waals surface area contributed by atoms with Crippen molar-refractivity contribution >= 4 is 11.8 Å². The average molecular weight is 404 g/mol. The van der Waals surface area contributed by atoms with Crippen LogP contribution in [0, 0.1) is 0 Å². The van der Waals surface area contributed by atoms with Gasteiger partial charge in [0.05, 0.1) is 0 Å². The number of aromatic hydroxyl groups is 4. The molecule has 0 aliphatic heterocycles. The molecule has 0 saturated heterocycles. The van der Waals surface area contributed by atoms with Gasteiger partial charge in [0.15, 0.2) is 0 Å². The van der Waals surface area contributed by atoms with E-state index in [0.717, 1.165) is 20.9 Å². The molecule has 0 aromatic heterocycles. The Morgan fingerprint density at radius 1 is 0.345 bits per heavy atom. The lowest BCUT2D eigenvalue weighted by Gasteiger charge is -2.01. The number of phenols is 4. The Hall–Kier alpha value is -3.57. The molecule has 0 aliphatic rings. The molecule has 0 bridgehead atoms. The van der Waals surface area contributed by atoms with E-state index in [0.29, 0.717) is 0 Å². The molecule has 4 N–H and O–H groups in total. The van der Waals surface area contributed by atoms with Crippen LogP contribution >= 0.6 is 11.8 Å². The molecule has 4 nitrogen and oxygen atoms in total. The van der Waals surface area contributed by atoms with Gasteiger partial charge in [-0.25, -0.2) is 0 Å². The normalized spacial score (nSPS) is 10.1. The zero-order valence-electron chi connectivity index (χ0n) is 15.4. The average Bonchev–Trinajstić information content (AvgIpc) is 2.73. The van der Waals surface area contributed by atoms with Gasteiger partial charge < -0.3 is 20.4 Å². The van der Waals surface area contributed by atoms with Gasteiger partial charge in [-0.1, -0.05) is 36.0 Å². The van der Waals surface area contributed by atoms with Crippen LogP contribution in [0.4, 0.5) is 0 Å². The third-order valence-electron chi connectivity index (χ3n) is 3.98. The quantitative estimate of drug-likeness (QED) is 0.336. The molecule has 4 aromatic rings. The monoisotopic (exact) mass is 404 g/mol. The molecule has 4 rings (SSSR count). The first kappa shape index (κ1) is 20.2. The molecule has 0 amide bonds. The molecule has 0 saturated carbocycles. The molecule has 0 unspecified atom stereocenters. The number of hydrogen-bond acceptors (Lipinski definition) is 5. The number of rotatable bonds is 3. The lowest BCUT2D eigenvalue weighted by molar-refractivity contribution is 0.474. The molecule has 4 aromatic carbocycles. The minimum absolute atomic E-state index is 0.257. The molecular formula is C24H20O4S. The van der Waals surface area contributed by atoms with Gasteiger partial charge in [0.25, 0.3) is 0 Å². The smallest absolute Gasteiger partial charge is 0.115 e. The minimum Gasteiger partial charge on any atom is -0.508 e. The summed E-state index contributed by atoms with van der Waals surface area (Å²) in [7, 11) is 0. The van der Waals surface area contributed by atoms with E-state index in [2.05, 4.69) is 0 Å². The Kier molecular flexibility index (Phi) is 6.66. The van der Waals surface area contributed by atoms with Crippen molar-refractivity contribution in [2.75, 3.05) is 0 Å². The van der Waals surface area contributed by atoms with Crippen molar-refractivity contribution in [1.29, 1.82) is 0 Å². The van der Waals surface area contributed by atoms with E-state index in [-0.39, 0.29) is 23.0 Å². The highest BCUT2D eigenvalue weighted by molar-refractivity contribution is 7.99. The van der Waals surface area contributed by atoms with Gasteiger partial charge >= 0.3 is 0 Å². The lowest BCUT2D eigenvalue weighted by Crippen LogP contribution is -1.75. The fraction of sp³-hybridized carbons (Fsp3) is 0. The first-order valence-corrected chi connectivity index (χ1v) is 9.65. The fourth-order valence-corrected chi connectivity index (χ4v) is 3.29. The van der Waals surface area contributed by atoms with E-state index >= 15 is 0 Å². The van der Waals surface area contributed by atoms with Crippen LogP contribution in [0.5, 0.6) is 23.0 Å². The van der Waals surface area contributed by atoms with Crippen molar-refractivity contribution in [3.8, 4) is 34.1 Å². The summed E-state index contributed by atoms with van der Waals surface area (Å²) in [4.78, 5) is 2.11. The van der Waals surface area contributed by atoms with E-state index in [4.69, 9.17) is 20.4 Å². The summed E-state index contributed by atoms with van der Waals surface area (Å²) in [5.41, 5.74) is 2.03. The first-order chi connectivity index (χ1) is 14.0. The maximum Gasteiger partial charge on any atom is 0.115 e. The molecule has 146 valence electrons. The molecule has 0 spiro atoms. The molecule has 0 atom stereocenters. The molecule has 29 heavy (non-hydrogen) atoms. The second-order valence-corrected chi connectivity index (χ2v) is 7.33. The van der Waals surface area contributed by atoms with Crippen LogP contribution in [0.3, 0.4) is 0 Å². The maximum atomic E-state index is 9.12. The maximum absolute atomic E-state index is 9.12. The molecule has 0 heterocycles. The van der Waals surface area contributed by atoms with Crippen molar-refractivity contribution in [3.63, 3.8) is 0 Å². The Morgan fingerprint density at radius 3 is 0.862 bits per heavy atom. The van der Waals surface area contributed by atoms with Crippen molar-refractivity contribution in [3.05, 3.63) is 97.1 Å². The van der Waals surface area contributed by atoms with E-state index in [1.54, 1.807) is 60.3 Å². The van der Waals surface area contributed by atoms with Crippen molar-refractivity contribution in [2.24, 2.45) is 0 Å². The largest absolute Gasteiger partial charge is 0.508 e. The zero-order chi connectivity index (χ0) is 20.6. The first-order valence-electron chi connectivity index (χ1n) is 8.84. The Balaban J connectivity index is 0.000000166. The van der Waals surface area contributed by atoms with Gasteiger partial charge in [0.2, 0.25) is 0 Å². The fourth-order valence-electron chi connectivity index (χ4n) is 2.47. The van der Waals surface area contributed by atoms with Gasteiger partial charge in [-0.05, 0) is 83.9 Å². The molecule has 0 fully saturated rings. The highest BCUT2D eigenvalue weighted by atomic mass is 32.2. The molecule has 0 radical (unpaired) electrons. The summed E-state index contributed by atoms with van der Waals surface area (Å²) in [6.07, 6.45) is 0. The summed E-state index contributed by atoms with van der Waals surface area (Å²) in [6, 6.07) is 27.9. The van der Waals surface area contributed by atoms with E-state index < -0.39 is 0 Å². The second-order valence-electron chi connectivity index (χ2n) is 6.18. The van der Waals surface area contributed by atoms with E-state index in [1.165, 1.54) is 0 Å². The standard InChI is InChI=1S/C12H10O2S.C12H10O2/c13-9-1-5-11(6-2-9)15-12-7-3-10(14)4-8-12;13-11-5-1-9(2-6-11)10-3-7-12(14)8-4-10/h1-8,13-14H;1-8,13-14H. The summed E-state index contributed by atoms with van der Waals surface area (Å²) < 4.78 is 0. The summed E-state index contributed by atoms with van der Waals surface area (Å²) >= 11 is 1.58. The highest BCUT2D eigenvalue weighted by Gasteiger charge is 1.98. The number of hydrogen-bond donors (Lipinski definition) is 4. The molecular weight excluding hydrogens is 384 g/mol. The Bertz CT molecular complexity index is 939. The van der Waals surface area contributed by atoms with Crippen LogP contribution in [0.2, 0.25) is 0 Å². The summed E-state index contributed by atoms with van der Waals surface area (Å²) in [5, 5.41) is 36.4. The van der Waals surface area contributed by atoms with Gasteiger partial charge in [-0.2, -0.15) is 0 Å². The Labute approximate surface area is 173 Å². The van der Waals surface area contributed by atoms with Crippen molar-refractivity contribution in [2.45, 2.75) is 9.79 Å². The SMILES string of the molecule is Oc1ccc(-c2ccc(O)cc2)cc1.Oc1ccc(Sc2ccc(O)cc2)cc1. The number of phenolic OH excluding ortho intramolecular Hbond substituents is 4. The highest BCUT2D eigenvalue weighted by Crippen LogP contribution is 2.29. The zero-order valence-corrected chi connectivity index (χ0v) is 16.3. The van der Waals surface area contributed by atoms with Crippen molar-refractivity contribution in [1.82, 2.24) is 0 Å². The summed E-state index contributed by atoms with van der Waals surface area (Å²) in [6.45, 7) is 0. The van der Waals surface area contributed by atoms with Gasteiger partial charge in [0, 0.05) is 9.79 Å². The predicted molar refractivity (Wildman–Crippen MR) is 116 cm³/mol. The third-order valence-corrected chi connectivity index (χ3v) is 4.99. The van der Waals surface area contributed by atoms with Crippen LogP contribution in [0.25, 0.3) is 11.1 Å². The van der Waals surface area contributed by atoms with Crippen LogP contribution < -0.4 is 0 Å². The Morgan fingerprint density at radius 2 is 0.586 bits per heavy atom.